The number of hydrogen-bond donors (Lipinski definition) is 3. The maximum absolute atomic E-state index is 13.2. The molecule has 0 radical (unpaired) electrons. The maximum atomic E-state index is 13.2. The highest BCUT2D eigenvalue weighted by Crippen LogP contribution is 2.45. The van der Waals surface area contributed by atoms with Crippen molar-refractivity contribution in [2.75, 3.05) is 39.6 Å². The number of esters is 4. The van der Waals surface area contributed by atoms with Crippen LogP contribution >= 0.6 is 15.6 Å². The summed E-state index contributed by atoms with van der Waals surface area (Å²) in [6, 6.07) is 0. The number of carbonyl (C=O) groups is 4. The molecule has 0 aliphatic heterocycles. The molecule has 0 rings (SSSR count). The van der Waals surface area contributed by atoms with Gasteiger partial charge in [-0.15, -0.1) is 0 Å². The van der Waals surface area contributed by atoms with Gasteiger partial charge in [0, 0.05) is 25.7 Å². The van der Waals surface area contributed by atoms with E-state index in [1.54, 1.807) is 0 Å². The average Bonchev–Trinajstić information content (AvgIpc) is 0.907. The molecule has 110 heavy (non-hydrogen) atoms. The molecular formula is C91H178O17P2. The van der Waals surface area contributed by atoms with Crippen LogP contribution in [0.4, 0.5) is 0 Å². The van der Waals surface area contributed by atoms with E-state index in [4.69, 9.17) is 37.0 Å². The molecule has 0 aromatic rings. The fourth-order valence-corrected chi connectivity index (χ4v) is 15.8. The van der Waals surface area contributed by atoms with Crippen molar-refractivity contribution in [2.24, 2.45) is 17.8 Å². The van der Waals surface area contributed by atoms with E-state index in [1.165, 1.54) is 295 Å². The van der Waals surface area contributed by atoms with Crippen molar-refractivity contribution in [1.82, 2.24) is 0 Å². The Morgan fingerprint density at radius 1 is 0.264 bits per heavy atom. The summed E-state index contributed by atoms with van der Waals surface area (Å²) in [6.45, 7) is 12.1. The molecule has 3 N–H and O–H groups in total. The summed E-state index contributed by atoms with van der Waals surface area (Å²) in [5.74, 6) is 0.287. The summed E-state index contributed by atoms with van der Waals surface area (Å²) < 4.78 is 69.1. The van der Waals surface area contributed by atoms with Gasteiger partial charge in [-0.25, -0.2) is 9.13 Å². The van der Waals surface area contributed by atoms with Gasteiger partial charge in [0.05, 0.1) is 26.4 Å². The quantitative estimate of drug-likeness (QED) is 0.0222. The zero-order valence-corrected chi connectivity index (χ0v) is 74.5. The van der Waals surface area contributed by atoms with Crippen LogP contribution in [0.3, 0.4) is 0 Å². The number of phosphoric ester groups is 2. The lowest BCUT2D eigenvalue weighted by atomic mass is 9.99. The minimum absolute atomic E-state index is 0.107. The molecule has 19 heteroatoms. The molecular weight excluding hydrogens is 1430 g/mol. The Kier molecular flexibility index (Phi) is 79.4. The summed E-state index contributed by atoms with van der Waals surface area (Å²) >= 11 is 0. The van der Waals surface area contributed by atoms with Gasteiger partial charge >= 0.3 is 39.5 Å². The van der Waals surface area contributed by atoms with Crippen molar-refractivity contribution >= 4 is 39.5 Å². The maximum Gasteiger partial charge on any atom is 0.472 e. The molecule has 0 aliphatic carbocycles. The summed E-state index contributed by atoms with van der Waals surface area (Å²) in [7, 11) is -9.94. The number of unbranched alkanes of at least 4 members (excludes halogenated alkanes) is 56. The van der Waals surface area contributed by atoms with Gasteiger partial charge in [-0.3, -0.25) is 37.3 Å². The van der Waals surface area contributed by atoms with E-state index in [9.17, 15) is 43.2 Å². The number of rotatable bonds is 89. The third kappa shape index (κ3) is 82.6. The lowest BCUT2D eigenvalue weighted by Gasteiger charge is -2.21. The normalized spacial score (nSPS) is 14.0. The monoisotopic (exact) mass is 1610 g/mol. The van der Waals surface area contributed by atoms with E-state index in [2.05, 4.69) is 48.5 Å². The van der Waals surface area contributed by atoms with E-state index in [0.29, 0.717) is 25.7 Å². The Morgan fingerprint density at radius 3 is 0.691 bits per heavy atom. The Morgan fingerprint density at radius 2 is 0.464 bits per heavy atom. The third-order valence-corrected chi connectivity index (χ3v) is 23.6. The molecule has 0 amide bonds. The molecule has 0 bridgehead atoms. The number of ether oxygens (including phenoxy) is 4. The molecule has 0 spiro atoms. The van der Waals surface area contributed by atoms with Gasteiger partial charge in [0.2, 0.25) is 0 Å². The SMILES string of the molecule is CCCCCCCCCCCCCCCCCCCCCCCCC(=O)O[C@H](COC(=O)CCCCCCCCCCCCCCCCCC(C)C)COP(=O)(O)OC[C@@H](O)COP(=O)(O)OC[C@@H](COC(=O)CCCCCCCCCCC(C)CC)OC(=O)CCCCCCCCCCCCCCCCCC(C)C. The first-order valence-corrected chi connectivity index (χ1v) is 49.9. The van der Waals surface area contributed by atoms with Gasteiger partial charge in [0.15, 0.2) is 12.2 Å². The average molecular weight is 1610 g/mol. The Hall–Kier alpha value is -1.94. The number of phosphoric acid groups is 2. The zero-order valence-electron chi connectivity index (χ0n) is 72.7. The largest absolute Gasteiger partial charge is 0.472 e. The standard InChI is InChI=1S/C91H178O17P2/c1-8-10-11-12-13-14-15-16-17-18-19-20-21-22-23-28-34-39-44-53-60-67-74-90(95)107-86(78-101-88(93)72-65-58-51-43-38-33-29-24-26-31-36-41-48-55-62-69-82(3)4)80-105-109(97,98)103-76-85(92)77-104-110(99,100)106-81-87(79-102-89(94)73-66-59-52-47-46-50-57-64-71-84(7)9-2)108-91(96)75-68-61-54-45-40-35-30-25-27-32-37-42-49-56-63-70-83(5)6/h82-87,92H,8-81H2,1-7H3,(H,97,98)(H,99,100)/t84?,85-,86-,87-/m1/s1. The lowest BCUT2D eigenvalue weighted by Crippen LogP contribution is -2.30. The number of carbonyl (C=O) groups excluding carboxylic acids is 4. The van der Waals surface area contributed by atoms with Crippen LogP contribution < -0.4 is 0 Å². The van der Waals surface area contributed by atoms with E-state index in [1.807, 2.05) is 0 Å². The van der Waals surface area contributed by atoms with Gasteiger partial charge in [-0.2, -0.15) is 0 Å². The molecule has 0 aliphatic rings. The first-order chi connectivity index (χ1) is 53.3. The highest BCUT2D eigenvalue weighted by Gasteiger charge is 2.31. The molecule has 0 heterocycles. The van der Waals surface area contributed by atoms with E-state index < -0.39 is 97.5 Å². The lowest BCUT2D eigenvalue weighted by molar-refractivity contribution is -0.161. The first kappa shape index (κ1) is 108. The molecule has 0 saturated carbocycles. The van der Waals surface area contributed by atoms with E-state index >= 15 is 0 Å². The van der Waals surface area contributed by atoms with Crippen LogP contribution in [0.15, 0.2) is 0 Å². The van der Waals surface area contributed by atoms with Crippen LogP contribution in [0.5, 0.6) is 0 Å². The molecule has 0 aromatic heterocycles. The topological polar surface area (TPSA) is 237 Å². The number of hydrogen-bond acceptors (Lipinski definition) is 15. The van der Waals surface area contributed by atoms with Crippen molar-refractivity contribution in [2.45, 2.75) is 503 Å². The Balaban J connectivity index is 5.25. The second-order valence-corrected chi connectivity index (χ2v) is 36.8. The van der Waals surface area contributed by atoms with Gasteiger partial charge < -0.3 is 33.8 Å². The number of aliphatic hydroxyl groups is 1. The minimum Gasteiger partial charge on any atom is -0.462 e. The predicted octanol–water partition coefficient (Wildman–Crippen LogP) is 28.0. The second kappa shape index (κ2) is 80.8. The van der Waals surface area contributed by atoms with Crippen LogP contribution in [0.25, 0.3) is 0 Å². The van der Waals surface area contributed by atoms with Gasteiger partial charge in [0.1, 0.15) is 19.3 Å². The van der Waals surface area contributed by atoms with Gasteiger partial charge in [-0.1, -0.05) is 434 Å². The molecule has 0 saturated heterocycles. The number of aliphatic hydroxyl groups excluding tert-OH is 1. The summed E-state index contributed by atoms with van der Waals surface area (Å²) in [5.41, 5.74) is 0. The summed E-state index contributed by atoms with van der Waals surface area (Å²) in [5, 5.41) is 10.7. The van der Waals surface area contributed by atoms with Crippen molar-refractivity contribution in [1.29, 1.82) is 0 Å². The van der Waals surface area contributed by atoms with Crippen molar-refractivity contribution < 1.29 is 80.2 Å². The van der Waals surface area contributed by atoms with Crippen LogP contribution in [0.1, 0.15) is 485 Å². The van der Waals surface area contributed by atoms with E-state index in [0.717, 1.165) is 108 Å². The van der Waals surface area contributed by atoms with Crippen molar-refractivity contribution in [3.05, 3.63) is 0 Å². The first-order valence-electron chi connectivity index (χ1n) is 46.9. The molecule has 654 valence electrons. The highest BCUT2D eigenvalue weighted by molar-refractivity contribution is 7.47. The Labute approximate surface area is 677 Å². The van der Waals surface area contributed by atoms with Crippen LogP contribution in [-0.4, -0.2) is 96.7 Å². The fraction of sp³-hybridized carbons (Fsp3) is 0.956. The van der Waals surface area contributed by atoms with Crippen LogP contribution in [0.2, 0.25) is 0 Å². The fourth-order valence-electron chi connectivity index (χ4n) is 14.2. The highest BCUT2D eigenvalue weighted by atomic mass is 31.2. The van der Waals surface area contributed by atoms with Crippen molar-refractivity contribution in [3.63, 3.8) is 0 Å². The Bertz CT molecular complexity index is 2120. The molecule has 0 fully saturated rings. The minimum atomic E-state index is -4.97. The molecule has 6 atom stereocenters. The van der Waals surface area contributed by atoms with Crippen LogP contribution in [-0.2, 0) is 65.4 Å². The van der Waals surface area contributed by atoms with E-state index in [-0.39, 0.29) is 25.7 Å². The predicted molar refractivity (Wildman–Crippen MR) is 455 cm³/mol. The molecule has 0 aromatic carbocycles. The summed E-state index contributed by atoms with van der Waals surface area (Å²) in [6.07, 6.45) is 73.6. The molecule has 3 unspecified atom stereocenters. The molecule has 17 nitrogen and oxygen atoms in total. The zero-order chi connectivity index (χ0) is 80.8. The smallest absolute Gasteiger partial charge is 0.462 e. The third-order valence-electron chi connectivity index (χ3n) is 21.7. The second-order valence-electron chi connectivity index (χ2n) is 33.9. The van der Waals surface area contributed by atoms with Crippen molar-refractivity contribution in [3.8, 4) is 0 Å². The van der Waals surface area contributed by atoms with Gasteiger partial charge in [-0.05, 0) is 43.4 Å². The summed E-state index contributed by atoms with van der Waals surface area (Å²) in [4.78, 5) is 73.4. The van der Waals surface area contributed by atoms with Crippen LogP contribution in [0, 0.1) is 17.8 Å². The van der Waals surface area contributed by atoms with Gasteiger partial charge in [0.25, 0.3) is 0 Å².